The number of halogens is 1. The lowest BCUT2D eigenvalue weighted by Crippen LogP contribution is -2.38. The number of rotatable bonds is 3. The van der Waals surface area contributed by atoms with Crippen LogP contribution in [0.25, 0.3) is 0 Å². The maximum atomic E-state index is 13.2. The molecule has 4 atom stereocenters. The van der Waals surface area contributed by atoms with Gasteiger partial charge in [0.15, 0.2) is 6.10 Å². The first-order chi connectivity index (χ1) is 10.6. The van der Waals surface area contributed by atoms with Crippen LogP contribution in [0.5, 0.6) is 5.75 Å². The van der Waals surface area contributed by atoms with Gasteiger partial charge in [0.2, 0.25) is 5.78 Å². The van der Waals surface area contributed by atoms with Gasteiger partial charge in [-0.15, -0.1) is 0 Å². The van der Waals surface area contributed by atoms with Crippen molar-refractivity contribution in [3.05, 3.63) is 65.5 Å². The SMILES string of the molecule is O=C1c2cc(F)ccc2OC1C(O)C1OC1c1ccccc1. The third kappa shape index (κ3) is 2.10. The molecule has 2 heterocycles. The lowest BCUT2D eigenvalue weighted by Gasteiger charge is -2.14. The van der Waals surface area contributed by atoms with Crippen LogP contribution in [0, 0.1) is 5.82 Å². The minimum absolute atomic E-state index is 0.168. The Balaban J connectivity index is 1.52. The first-order valence-corrected chi connectivity index (χ1v) is 7.04. The normalized spacial score (nSPS) is 27.2. The lowest BCUT2D eigenvalue weighted by atomic mass is 9.99. The molecule has 0 amide bonds. The summed E-state index contributed by atoms with van der Waals surface area (Å²) < 4.78 is 24.2. The fourth-order valence-electron chi connectivity index (χ4n) is 2.83. The number of ether oxygens (including phenoxy) is 2. The summed E-state index contributed by atoms with van der Waals surface area (Å²) in [6, 6.07) is 13.2. The summed E-state index contributed by atoms with van der Waals surface area (Å²) in [5.41, 5.74) is 1.11. The summed E-state index contributed by atoms with van der Waals surface area (Å²) in [6.07, 6.45) is -2.87. The number of Topliss-reactive ketones (excluding diaryl/α,β-unsaturated/α-hetero) is 1. The Hall–Kier alpha value is -2.24. The van der Waals surface area contributed by atoms with E-state index < -0.39 is 29.9 Å². The van der Waals surface area contributed by atoms with Crippen molar-refractivity contribution in [3.8, 4) is 5.75 Å². The van der Waals surface area contributed by atoms with Crippen molar-refractivity contribution < 1.29 is 23.8 Å². The average molecular weight is 300 g/mol. The maximum Gasteiger partial charge on any atom is 0.209 e. The molecule has 4 nitrogen and oxygen atoms in total. The highest BCUT2D eigenvalue weighted by atomic mass is 19.1. The van der Waals surface area contributed by atoms with Gasteiger partial charge in [-0.05, 0) is 23.8 Å². The zero-order valence-electron chi connectivity index (χ0n) is 11.5. The Morgan fingerprint density at radius 1 is 1.14 bits per heavy atom. The molecular weight excluding hydrogens is 287 g/mol. The summed E-state index contributed by atoms with van der Waals surface area (Å²) >= 11 is 0. The molecule has 112 valence electrons. The Morgan fingerprint density at radius 2 is 1.91 bits per heavy atom. The van der Waals surface area contributed by atoms with Crippen molar-refractivity contribution in [3.63, 3.8) is 0 Å². The number of aliphatic hydroxyl groups is 1. The first-order valence-electron chi connectivity index (χ1n) is 7.04. The number of hydrogen-bond donors (Lipinski definition) is 1. The van der Waals surface area contributed by atoms with Crippen LogP contribution in [0.4, 0.5) is 4.39 Å². The highest BCUT2D eigenvalue weighted by Gasteiger charge is 2.52. The Labute approximate surface area is 126 Å². The molecule has 0 saturated carbocycles. The topological polar surface area (TPSA) is 59.1 Å². The number of carbonyl (C=O) groups excluding carboxylic acids is 1. The van der Waals surface area contributed by atoms with Crippen molar-refractivity contribution in [2.45, 2.75) is 24.4 Å². The molecule has 22 heavy (non-hydrogen) atoms. The van der Waals surface area contributed by atoms with E-state index in [1.165, 1.54) is 12.1 Å². The zero-order valence-corrected chi connectivity index (χ0v) is 11.5. The van der Waals surface area contributed by atoms with E-state index in [4.69, 9.17) is 9.47 Å². The standard InChI is InChI=1S/C17H13FO4/c18-10-6-7-12-11(8-10)13(19)16(21-12)14(20)17-15(22-17)9-4-2-1-3-5-9/h1-8,14-17,20H. The monoisotopic (exact) mass is 300 g/mol. The Kier molecular flexibility index (Phi) is 2.99. The smallest absolute Gasteiger partial charge is 0.209 e. The molecule has 2 aliphatic rings. The van der Waals surface area contributed by atoms with Crippen molar-refractivity contribution in [2.24, 2.45) is 0 Å². The number of carbonyl (C=O) groups is 1. The molecule has 0 spiro atoms. The van der Waals surface area contributed by atoms with Gasteiger partial charge < -0.3 is 14.6 Å². The summed E-state index contributed by atoms with van der Waals surface area (Å²) in [4.78, 5) is 12.3. The fraction of sp³-hybridized carbons (Fsp3) is 0.235. The molecule has 0 aromatic heterocycles. The summed E-state index contributed by atoms with van der Waals surface area (Å²) in [5.74, 6) is -0.618. The maximum absolute atomic E-state index is 13.2. The third-order valence-corrected chi connectivity index (χ3v) is 4.02. The minimum Gasteiger partial charge on any atom is -0.479 e. The highest BCUT2D eigenvalue weighted by Crippen LogP contribution is 2.43. The van der Waals surface area contributed by atoms with Gasteiger partial charge in [-0.1, -0.05) is 30.3 Å². The van der Waals surface area contributed by atoms with Crippen molar-refractivity contribution in [1.29, 1.82) is 0 Å². The van der Waals surface area contributed by atoms with E-state index in [0.717, 1.165) is 11.6 Å². The molecule has 4 rings (SSSR count). The quantitative estimate of drug-likeness (QED) is 0.883. The van der Waals surface area contributed by atoms with Gasteiger partial charge in [0.1, 0.15) is 29.9 Å². The number of benzene rings is 2. The Morgan fingerprint density at radius 3 is 2.68 bits per heavy atom. The van der Waals surface area contributed by atoms with Crippen molar-refractivity contribution in [2.75, 3.05) is 0 Å². The molecule has 1 fully saturated rings. The molecule has 2 aliphatic heterocycles. The van der Waals surface area contributed by atoms with E-state index in [-0.39, 0.29) is 11.7 Å². The molecule has 0 aliphatic carbocycles. The van der Waals surface area contributed by atoms with E-state index in [1.54, 1.807) is 0 Å². The zero-order chi connectivity index (χ0) is 15.3. The number of epoxide rings is 1. The van der Waals surface area contributed by atoms with Crippen LogP contribution in [0.2, 0.25) is 0 Å². The molecule has 4 unspecified atom stereocenters. The van der Waals surface area contributed by atoms with Gasteiger partial charge in [0, 0.05) is 0 Å². The van der Waals surface area contributed by atoms with Gasteiger partial charge in [-0.3, -0.25) is 4.79 Å². The van der Waals surface area contributed by atoms with E-state index in [9.17, 15) is 14.3 Å². The second-order valence-electron chi connectivity index (χ2n) is 5.47. The lowest BCUT2D eigenvalue weighted by molar-refractivity contribution is 0.0281. The van der Waals surface area contributed by atoms with E-state index in [1.807, 2.05) is 30.3 Å². The summed E-state index contributed by atoms with van der Waals surface area (Å²) in [5, 5.41) is 10.4. The Bertz CT molecular complexity index is 731. The summed E-state index contributed by atoms with van der Waals surface area (Å²) in [6.45, 7) is 0. The first kappa shape index (κ1) is 13.4. The van der Waals surface area contributed by atoms with Crippen LogP contribution in [0.3, 0.4) is 0 Å². The van der Waals surface area contributed by atoms with Gasteiger partial charge in [-0.25, -0.2) is 4.39 Å². The molecule has 0 radical (unpaired) electrons. The molecule has 2 aromatic carbocycles. The summed E-state index contributed by atoms with van der Waals surface area (Å²) in [7, 11) is 0. The van der Waals surface area contributed by atoms with Gasteiger partial charge >= 0.3 is 0 Å². The van der Waals surface area contributed by atoms with Crippen LogP contribution in [-0.4, -0.2) is 29.2 Å². The number of aliphatic hydroxyl groups excluding tert-OH is 1. The fourth-order valence-corrected chi connectivity index (χ4v) is 2.83. The predicted octanol–water partition coefficient (Wildman–Crippen LogP) is 2.27. The largest absolute Gasteiger partial charge is 0.479 e. The van der Waals surface area contributed by atoms with Crippen LogP contribution < -0.4 is 4.74 Å². The van der Waals surface area contributed by atoms with Gasteiger partial charge in [0.25, 0.3) is 0 Å². The minimum atomic E-state index is -1.09. The molecular formula is C17H13FO4. The van der Waals surface area contributed by atoms with Crippen molar-refractivity contribution >= 4 is 5.78 Å². The second-order valence-corrected chi connectivity index (χ2v) is 5.47. The predicted molar refractivity (Wildman–Crippen MR) is 75.2 cm³/mol. The van der Waals surface area contributed by atoms with Crippen LogP contribution in [0.1, 0.15) is 22.0 Å². The number of fused-ring (bicyclic) bond motifs is 1. The molecule has 1 N–H and O–H groups in total. The van der Waals surface area contributed by atoms with Gasteiger partial charge in [-0.2, -0.15) is 0 Å². The van der Waals surface area contributed by atoms with Crippen molar-refractivity contribution in [1.82, 2.24) is 0 Å². The van der Waals surface area contributed by atoms with Gasteiger partial charge in [0.05, 0.1) is 5.56 Å². The van der Waals surface area contributed by atoms with Crippen LogP contribution in [-0.2, 0) is 4.74 Å². The highest BCUT2D eigenvalue weighted by molar-refractivity contribution is 6.05. The van der Waals surface area contributed by atoms with E-state index >= 15 is 0 Å². The molecule has 1 saturated heterocycles. The third-order valence-electron chi connectivity index (χ3n) is 4.02. The van der Waals surface area contributed by atoms with Crippen LogP contribution in [0.15, 0.2) is 48.5 Å². The van der Waals surface area contributed by atoms with E-state index in [0.29, 0.717) is 5.75 Å². The van der Waals surface area contributed by atoms with Crippen LogP contribution >= 0.6 is 0 Å². The molecule has 2 aromatic rings. The second kappa shape index (κ2) is 4.90. The number of hydrogen-bond acceptors (Lipinski definition) is 4. The molecule has 0 bridgehead atoms. The van der Waals surface area contributed by atoms with E-state index in [2.05, 4.69) is 0 Å². The molecule has 5 heteroatoms. The number of ketones is 1. The average Bonchev–Trinajstić information content (AvgIpc) is 3.28.